The van der Waals surface area contributed by atoms with Gasteiger partial charge in [0.05, 0.1) is 0 Å². The molecule has 2 N–H and O–H groups in total. The normalized spacial score (nSPS) is 26.5. The Morgan fingerprint density at radius 2 is 2.27 bits per heavy atom. The number of hydrogen-bond acceptors (Lipinski definition) is 2. The van der Waals surface area contributed by atoms with Gasteiger partial charge >= 0.3 is 6.03 Å². The van der Waals surface area contributed by atoms with Crippen molar-refractivity contribution < 1.29 is 4.79 Å². The number of urea groups is 1. The van der Waals surface area contributed by atoms with Crippen LogP contribution in [-0.4, -0.2) is 48.6 Å². The molecule has 88 valence electrons. The molecule has 0 aromatic carbocycles. The van der Waals surface area contributed by atoms with Gasteiger partial charge in [0.1, 0.15) is 0 Å². The fourth-order valence-electron chi connectivity index (χ4n) is 2.08. The van der Waals surface area contributed by atoms with E-state index in [0.717, 1.165) is 25.9 Å². The number of nitrogens with zero attached hydrogens (tertiary/aromatic N) is 2. The Balaban J connectivity index is 2.63. The van der Waals surface area contributed by atoms with Crippen molar-refractivity contribution >= 4 is 6.03 Å². The summed E-state index contributed by atoms with van der Waals surface area (Å²) in [6, 6.07) is 0.357. The van der Waals surface area contributed by atoms with E-state index in [1.807, 2.05) is 18.9 Å². The number of rotatable bonds is 2. The summed E-state index contributed by atoms with van der Waals surface area (Å²) in [6.45, 7) is 6.40. The molecule has 0 aromatic rings. The molecule has 2 unspecified atom stereocenters. The van der Waals surface area contributed by atoms with Gasteiger partial charge in [-0.1, -0.05) is 6.92 Å². The first-order valence-corrected chi connectivity index (χ1v) is 5.81. The average Bonchev–Trinajstić information content (AvgIpc) is 2.26. The highest BCUT2D eigenvalue weighted by molar-refractivity contribution is 5.74. The molecule has 1 saturated heterocycles. The third-order valence-electron chi connectivity index (χ3n) is 3.30. The van der Waals surface area contributed by atoms with E-state index in [0.29, 0.717) is 12.5 Å². The summed E-state index contributed by atoms with van der Waals surface area (Å²) in [5, 5.41) is 0. The Labute approximate surface area is 92.4 Å². The second-order valence-electron chi connectivity index (χ2n) is 4.51. The van der Waals surface area contributed by atoms with Gasteiger partial charge in [0, 0.05) is 32.7 Å². The van der Waals surface area contributed by atoms with Crippen LogP contribution in [0.5, 0.6) is 0 Å². The molecular weight excluding hydrogens is 190 g/mol. The van der Waals surface area contributed by atoms with Gasteiger partial charge in [0.15, 0.2) is 0 Å². The molecule has 2 atom stereocenters. The third-order valence-corrected chi connectivity index (χ3v) is 3.30. The maximum atomic E-state index is 12.0. The van der Waals surface area contributed by atoms with Crippen molar-refractivity contribution in [3.8, 4) is 0 Å². The molecular formula is C11H23N3O. The van der Waals surface area contributed by atoms with Crippen LogP contribution in [0.1, 0.15) is 26.7 Å². The molecule has 0 bridgehead atoms. The first kappa shape index (κ1) is 12.3. The van der Waals surface area contributed by atoms with Gasteiger partial charge in [-0.25, -0.2) is 4.79 Å². The predicted molar refractivity (Wildman–Crippen MR) is 61.6 cm³/mol. The summed E-state index contributed by atoms with van der Waals surface area (Å²) in [5.74, 6) is 0.689. The Kier molecular flexibility index (Phi) is 4.39. The van der Waals surface area contributed by atoms with E-state index in [4.69, 9.17) is 5.73 Å². The van der Waals surface area contributed by atoms with Crippen LogP contribution in [0, 0.1) is 5.92 Å². The number of amides is 2. The van der Waals surface area contributed by atoms with Crippen LogP contribution in [0.25, 0.3) is 0 Å². The molecule has 1 aliphatic rings. The molecule has 1 rings (SSSR count). The maximum absolute atomic E-state index is 12.0. The molecule has 0 radical (unpaired) electrons. The van der Waals surface area contributed by atoms with Gasteiger partial charge in [-0.05, 0) is 25.7 Å². The number of hydrogen-bond donors (Lipinski definition) is 1. The molecule has 15 heavy (non-hydrogen) atoms. The molecule has 0 spiro atoms. The van der Waals surface area contributed by atoms with Gasteiger partial charge in [-0.3, -0.25) is 0 Å². The van der Waals surface area contributed by atoms with Gasteiger partial charge in [0.2, 0.25) is 0 Å². The fraction of sp³-hybridized carbons (Fsp3) is 0.909. The standard InChI is InChI=1S/C11H23N3O/c1-4-13(3)11(15)14-6-5-9(2)7-10(14)8-12/h9-10H,4-8,12H2,1-3H3. The van der Waals surface area contributed by atoms with Crippen molar-refractivity contribution in [1.82, 2.24) is 9.80 Å². The molecule has 4 heteroatoms. The van der Waals surface area contributed by atoms with Crippen LogP contribution in [0.4, 0.5) is 4.79 Å². The Bertz CT molecular complexity index is 220. The highest BCUT2D eigenvalue weighted by atomic mass is 16.2. The minimum absolute atomic E-state index is 0.125. The maximum Gasteiger partial charge on any atom is 0.320 e. The van der Waals surface area contributed by atoms with Crippen molar-refractivity contribution in [2.24, 2.45) is 11.7 Å². The minimum atomic E-state index is 0.125. The van der Waals surface area contributed by atoms with Crippen molar-refractivity contribution in [1.29, 1.82) is 0 Å². The van der Waals surface area contributed by atoms with E-state index in [1.54, 1.807) is 4.90 Å². The average molecular weight is 213 g/mol. The number of piperidine rings is 1. The van der Waals surface area contributed by atoms with E-state index >= 15 is 0 Å². The monoisotopic (exact) mass is 213 g/mol. The number of likely N-dealkylation sites (tertiary alicyclic amines) is 1. The summed E-state index contributed by atoms with van der Waals surface area (Å²) in [6.07, 6.45) is 2.14. The van der Waals surface area contributed by atoms with Crippen LogP contribution >= 0.6 is 0 Å². The van der Waals surface area contributed by atoms with E-state index in [9.17, 15) is 4.79 Å². The minimum Gasteiger partial charge on any atom is -0.328 e. The smallest absolute Gasteiger partial charge is 0.320 e. The lowest BCUT2D eigenvalue weighted by Gasteiger charge is -2.39. The van der Waals surface area contributed by atoms with Crippen molar-refractivity contribution in [3.63, 3.8) is 0 Å². The lowest BCUT2D eigenvalue weighted by atomic mass is 9.93. The summed E-state index contributed by atoms with van der Waals surface area (Å²) in [7, 11) is 1.84. The van der Waals surface area contributed by atoms with E-state index in [-0.39, 0.29) is 12.1 Å². The van der Waals surface area contributed by atoms with Crippen molar-refractivity contribution in [2.45, 2.75) is 32.7 Å². The summed E-state index contributed by atoms with van der Waals surface area (Å²) >= 11 is 0. The highest BCUT2D eigenvalue weighted by Crippen LogP contribution is 2.22. The van der Waals surface area contributed by atoms with Crippen molar-refractivity contribution in [3.05, 3.63) is 0 Å². The van der Waals surface area contributed by atoms with Crippen LogP contribution in [0.2, 0.25) is 0 Å². The fourth-order valence-corrected chi connectivity index (χ4v) is 2.08. The van der Waals surface area contributed by atoms with Crippen molar-refractivity contribution in [2.75, 3.05) is 26.7 Å². The zero-order valence-electron chi connectivity index (χ0n) is 10.1. The largest absolute Gasteiger partial charge is 0.328 e. The topological polar surface area (TPSA) is 49.6 Å². The first-order chi connectivity index (χ1) is 7.10. The summed E-state index contributed by atoms with van der Waals surface area (Å²) in [4.78, 5) is 15.7. The zero-order chi connectivity index (χ0) is 11.4. The zero-order valence-corrected chi connectivity index (χ0v) is 10.1. The summed E-state index contributed by atoms with van der Waals surface area (Å²) in [5.41, 5.74) is 5.72. The van der Waals surface area contributed by atoms with Crippen LogP contribution in [0.15, 0.2) is 0 Å². The first-order valence-electron chi connectivity index (χ1n) is 5.81. The molecule has 1 heterocycles. The Hall–Kier alpha value is -0.770. The SMILES string of the molecule is CCN(C)C(=O)N1CCC(C)CC1CN. The van der Waals surface area contributed by atoms with E-state index in [2.05, 4.69) is 6.92 Å². The molecule has 0 aliphatic carbocycles. The van der Waals surface area contributed by atoms with E-state index in [1.165, 1.54) is 0 Å². The second kappa shape index (κ2) is 5.35. The lowest BCUT2D eigenvalue weighted by molar-refractivity contribution is 0.111. The highest BCUT2D eigenvalue weighted by Gasteiger charge is 2.29. The third kappa shape index (κ3) is 2.84. The van der Waals surface area contributed by atoms with Crippen LogP contribution in [0.3, 0.4) is 0 Å². The number of carbonyl (C=O) groups excluding carboxylic acids is 1. The molecule has 0 saturated carbocycles. The summed E-state index contributed by atoms with van der Waals surface area (Å²) < 4.78 is 0. The predicted octanol–water partition coefficient (Wildman–Crippen LogP) is 1.12. The van der Waals surface area contributed by atoms with Gasteiger partial charge in [0.25, 0.3) is 0 Å². The molecule has 4 nitrogen and oxygen atoms in total. The molecule has 1 fully saturated rings. The van der Waals surface area contributed by atoms with Gasteiger partial charge in [-0.2, -0.15) is 0 Å². The van der Waals surface area contributed by atoms with Crippen LogP contribution in [-0.2, 0) is 0 Å². The molecule has 0 aromatic heterocycles. The lowest BCUT2D eigenvalue weighted by Crippen LogP contribution is -2.53. The van der Waals surface area contributed by atoms with Crippen LogP contribution < -0.4 is 5.73 Å². The van der Waals surface area contributed by atoms with Gasteiger partial charge < -0.3 is 15.5 Å². The second-order valence-corrected chi connectivity index (χ2v) is 4.51. The Morgan fingerprint density at radius 1 is 1.60 bits per heavy atom. The Morgan fingerprint density at radius 3 is 2.80 bits per heavy atom. The molecule has 2 amide bonds. The quantitative estimate of drug-likeness (QED) is 0.747. The van der Waals surface area contributed by atoms with Gasteiger partial charge in [-0.15, -0.1) is 0 Å². The van der Waals surface area contributed by atoms with E-state index < -0.39 is 0 Å². The number of nitrogens with two attached hydrogens (primary N) is 1. The molecule has 1 aliphatic heterocycles. The number of carbonyl (C=O) groups is 1.